The first kappa shape index (κ1) is 19.0. The predicted octanol–water partition coefficient (Wildman–Crippen LogP) is 4.09. The van der Waals surface area contributed by atoms with Gasteiger partial charge in [0.1, 0.15) is 0 Å². The van der Waals surface area contributed by atoms with Gasteiger partial charge >= 0.3 is 0 Å². The molecule has 2 aromatic rings. The summed E-state index contributed by atoms with van der Waals surface area (Å²) in [6.45, 7) is 2.70. The quantitative estimate of drug-likeness (QED) is 0.639. The molecule has 0 heterocycles. The van der Waals surface area contributed by atoms with Crippen LogP contribution in [0.15, 0.2) is 48.5 Å². The Hall–Kier alpha value is -2.00. The van der Waals surface area contributed by atoms with E-state index in [0.717, 1.165) is 31.4 Å². The van der Waals surface area contributed by atoms with E-state index in [4.69, 9.17) is 5.73 Å². The van der Waals surface area contributed by atoms with Gasteiger partial charge in [-0.15, -0.1) is 12.4 Å². The molecular weight excluding hydrogens is 308 g/mol. The van der Waals surface area contributed by atoms with Crippen molar-refractivity contribution in [2.45, 2.75) is 26.2 Å². The lowest BCUT2D eigenvalue weighted by Crippen LogP contribution is -2.28. The van der Waals surface area contributed by atoms with Crippen LogP contribution in [0.25, 0.3) is 0 Å². The van der Waals surface area contributed by atoms with Gasteiger partial charge in [-0.05, 0) is 49.4 Å². The predicted molar refractivity (Wildman–Crippen MR) is 99.2 cm³/mol. The highest BCUT2D eigenvalue weighted by Crippen LogP contribution is 2.15. The molecule has 0 aliphatic carbocycles. The van der Waals surface area contributed by atoms with Crippen molar-refractivity contribution in [3.63, 3.8) is 0 Å². The Balaban J connectivity index is 0.00000264. The van der Waals surface area contributed by atoms with Gasteiger partial charge in [0.2, 0.25) is 0 Å². The van der Waals surface area contributed by atoms with Gasteiger partial charge in [0.15, 0.2) is 0 Å². The van der Waals surface area contributed by atoms with Crippen molar-refractivity contribution in [1.82, 2.24) is 4.90 Å². The third kappa shape index (κ3) is 5.61. The van der Waals surface area contributed by atoms with Crippen molar-refractivity contribution in [1.29, 1.82) is 0 Å². The topological polar surface area (TPSA) is 46.3 Å². The number of halogens is 1. The molecule has 0 fully saturated rings. The molecule has 0 saturated carbocycles. The van der Waals surface area contributed by atoms with Crippen molar-refractivity contribution in [2.75, 3.05) is 19.3 Å². The normalized spacial score (nSPS) is 10.0. The number of nitrogens with two attached hydrogens (primary N) is 1. The van der Waals surface area contributed by atoms with Gasteiger partial charge in [0.25, 0.3) is 5.91 Å². The number of rotatable bonds is 6. The number of hydrogen-bond donors (Lipinski definition) is 1. The van der Waals surface area contributed by atoms with Crippen LogP contribution in [-0.4, -0.2) is 24.4 Å². The summed E-state index contributed by atoms with van der Waals surface area (Å²) < 4.78 is 0. The highest BCUT2D eigenvalue weighted by molar-refractivity contribution is 5.96. The van der Waals surface area contributed by atoms with Gasteiger partial charge < -0.3 is 10.6 Å². The van der Waals surface area contributed by atoms with Gasteiger partial charge in [0.05, 0.1) is 0 Å². The van der Waals surface area contributed by atoms with Crippen molar-refractivity contribution in [3.8, 4) is 0 Å². The maximum Gasteiger partial charge on any atom is 0.253 e. The zero-order valence-electron chi connectivity index (χ0n) is 13.8. The van der Waals surface area contributed by atoms with E-state index in [2.05, 4.69) is 24.3 Å². The third-order valence-electron chi connectivity index (χ3n) is 3.89. The summed E-state index contributed by atoms with van der Waals surface area (Å²) in [5.74, 6) is 0.0458. The molecule has 23 heavy (non-hydrogen) atoms. The molecular formula is C19H25ClN2O. The van der Waals surface area contributed by atoms with Gasteiger partial charge in [-0.25, -0.2) is 0 Å². The first-order valence-electron chi connectivity index (χ1n) is 7.73. The Kier molecular flexibility index (Phi) is 7.63. The molecule has 0 bridgehead atoms. The van der Waals surface area contributed by atoms with E-state index in [1.807, 2.05) is 32.2 Å². The number of anilines is 1. The highest BCUT2D eigenvalue weighted by atomic mass is 35.5. The summed E-state index contributed by atoms with van der Waals surface area (Å²) in [6, 6.07) is 15.9. The van der Waals surface area contributed by atoms with Crippen LogP contribution in [0.5, 0.6) is 0 Å². The summed E-state index contributed by atoms with van der Waals surface area (Å²) in [5.41, 5.74) is 9.43. The zero-order valence-corrected chi connectivity index (χ0v) is 14.6. The van der Waals surface area contributed by atoms with E-state index >= 15 is 0 Å². The molecule has 124 valence electrons. The first-order chi connectivity index (χ1) is 10.6. The molecule has 0 unspecified atom stereocenters. The fourth-order valence-electron chi connectivity index (χ4n) is 2.50. The lowest BCUT2D eigenvalue weighted by atomic mass is 10.1. The summed E-state index contributed by atoms with van der Waals surface area (Å²) >= 11 is 0. The molecule has 3 nitrogen and oxygen atoms in total. The molecule has 2 rings (SSSR count). The van der Waals surface area contributed by atoms with Crippen LogP contribution in [-0.2, 0) is 6.42 Å². The molecule has 2 aromatic carbocycles. The molecule has 0 aliphatic rings. The number of amides is 1. The minimum absolute atomic E-state index is 0. The van der Waals surface area contributed by atoms with E-state index in [9.17, 15) is 4.79 Å². The van der Waals surface area contributed by atoms with Gasteiger partial charge in [-0.1, -0.05) is 36.4 Å². The molecule has 0 spiro atoms. The van der Waals surface area contributed by atoms with Crippen LogP contribution in [0.2, 0.25) is 0 Å². The molecule has 0 atom stereocenters. The summed E-state index contributed by atoms with van der Waals surface area (Å²) in [5, 5.41) is 0. The number of nitrogen functional groups attached to an aromatic ring is 1. The van der Waals surface area contributed by atoms with E-state index in [-0.39, 0.29) is 18.3 Å². The van der Waals surface area contributed by atoms with Crippen LogP contribution < -0.4 is 5.73 Å². The van der Waals surface area contributed by atoms with Gasteiger partial charge in [-0.2, -0.15) is 0 Å². The number of carbonyl (C=O) groups excluding carboxylic acids is 1. The zero-order chi connectivity index (χ0) is 15.9. The van der Waals surface area contributed by atoms with Crippen LogP contribution >= 0.6 is 12.4 Å². The SMILES string of the molecule is Cc1ccc(N)cc1C(=O)N(C)CCCCc1ccccc1.Cl. The van der Waals surface area contributed by atoms with Gasteiger partial charge in [0, 0.05) is 24.8 Å². The van der Waals surface area contributed by atoms with Crippen molar-refractivity contribution in [3.05, 3.63) is 65.2 Å². The van der Waals surface area contributed by atoms with E-state index in [1.165, 1.54) is 5.56 Å². The Morgan fingerprint density at radius 2 is 1.78 bits per heavy atom. The largest absolute Gasteiger partial charge is 0.399 e. The Bertz CT molecular complexity index is 629. The molecule has 1 amide bonds. The van der Waals surface area contributed by atoms with Crippen molar-refractivity contribution in [2.24, 2.45) is 0 Å². The second kappa shape index (κ2) is 9.21. The van der Waals surface area contributed by atoms with Crippen LogP contribution in [0, 0.1) is 6.92 Å². The molecule has 0 radical (unpaired) electrons. The maximum atomic E-state index is 12.5. The highest BCUT2D eigenvalue weighted by Gasteiger charge is 2.13. The second-order valence-corrected chi connectivity index (χ2v) is 5.74. The Labute approximate surface area is 144 Å². The number of nitrogens with zero attached hydrogens (tertiary/aromatic N) is 1. The molecule has 0 aromatic heterocycles. The average molecular weight is 333 g/mol. The average Bonchev–Trinajstić information content (AvgIpc) is 2.54. The number of carbonyl (C=O) groups is 1. The number of unbranched alkanes of at least 4 members (excludes halogenated alkanes) is 1. The number of aryl methyl sites for hydroxylation is 2. The third-order valence-corrected chi connectivity index (χ3v) is 3.89. The number of benzene rings is 2. The summed E-state index contributed by atoms with van der Waals surface area (Å²) in [7, 11) is 1.85. The Morgan fingerprint density at radius 1 is 1.09 bits per heavy atom. The second-order valence-electron chi connectivity index (χ2n) is 5.74. The summed E-state index contributed by atoms with van der Waals surface area (Å²) in [4.78, 5) is 14.2. The summed E-state index contributed by atoms with van der Waals surface area (Å²) in [6.07, 6.45) is 3.14. The minimum Gasteiger partial charge on any atom is -0.399 e. The van der Waals surface area contributed by atoms with Gasteiger partial charge in [-0.3, -0.25) is 4.79 Å². The minimum atomic E-state index is 0. The standard InChI is InChI=1S/C19H24N2O.ClH/c1-15-11-12-17(20)14-18(15)19(22)21(2)13-7-6-10-16-8-4-3-5-9-16;/h3-5,8-9,11-12,14H,6-7,10,13,20H2,1-2H3;1H. The van der Waals surface area contributed by atoms with E-state index in [1.54, 1.807) is 11.0 Å². The fourth-order valence-corrected chi connectivity index (χ4v) is 2.50. The fraction of sp³-hybridized carbons (Fsp3) is 0.316. The van der Waals surface area contributed by atoms with E-state index < -0.39 is 0 Å². The maximum absolute atomic E-state index is 12.5. The lowest BCUT2D eigenvalue weighted by Gasteiger charge is -2.18. The smallest absolute Gasteiger partial charge is 0.253 e. The van der Waals surface area contributed by atoms with Crippen LogP contribution in [0.4, 0.5) is 5.69 Å². The Morgan fingerprint density at radius 3 is 2.48 bits per heavy atom. The van der Waals surface area contributed by atoms with Crippen LogP contribution in [0.3, 0.4) is 0 Å². The van der Waals surface area contributed by atoms with Crippen molar-refractivity contribution < 1.29 is 4.79 Å². The monoisotopic (exact) mass is 332 g/mol. The van der Waals surface area contributed by atoms with E-state index in [0.29, 0.717) is 11.3 Å². The van der Waals surface area contributed by atoms with Crippen molar-refractivity contribution >= 4 is 24.0 Å². The molecule has 2 N–H and O–H groups in total. The number of hydrogen-bond acceptors (Lipinski definition) is 2. The molecule has 4 heteroatoms. The molecule has 0 aliphatic heterocycles. The van der Waals surface area contributed by atoms with Crippen LogP contribution in [0.1, 0.15) is 34.3 Å². The lowest BCUT2D eigenvalue weighted by molar-refractivity contribution is 0.0792. The first-order valence-corrected chi connectivity index (χ1v) is 7.73. The molecule has 0 saturated heterocycles.